The number of hydrogen-bond donors (Lipinski definition) is 1. The van der Waals surface area contributed by atoms with Crippen LogP contribution in [0.5, 0.6) is 0 Å². The summed E-state index contributed by atoms with van der Waals surface area (Å²) in [5.41, 5.74) is 0. The van der Waals surface area contributed by atoms with Crippen molar-refractivity contribution >= 4 is 16.6 Å². The molecule has 1 aliphatic heterocycles. The Balaban J connectivity index is 2.21. The number of aliphatic hydroxyl groups excluding tert-OH is 1. The summed E-state index contributed by atoms with van der Waals surface area (Å²) in [5.74, 6) is -0.779. The van der Waals surface area contributed by atoms with Crippen LogP contribution in [0.2, 0.25) is 36.3 Å². The van der Waals surface area contributed by atoms with Gasteiger partial charge in [0.1, 0.15) is 6.10 Å². The molecule has 2 fully saturated rings. The van der Waals surface area contributed by atoms with Crippen LogP contribution in [0.1, 0.15) is 61.8 Å². The zero-order valence-corrected chi connectivity index (χ0v) is 22.9. The fourth-order valence-corrected chi connectivity index (χ4v) is 5.98. The average Bonchev–Trinajstić information content (AvgIpc) is 2.79. The van der Waals surface area contributed by atoms with Gasteiger partial charge in [0.15, 0.2) is 22.4 Å². The van der Waals surface area contributed by atoms with Crippen molar-refractivity contribution in [1.29, 1.82) is 0 Å². The molecule has 29 heavy (non-hydrogen) atoms. The molecule has 0 unspecified atom stereocenters. The maximum absolute atomic E-state index is 11.1. The van der Waals surface area contributed by atoms with Gasteiger partial charge in [0, 0.05) is 18.9 Å². The minimum atomic E-state index is -1.99. The van der Waals surface area contributed by atoms with Gasteiger partial charge in [0.25, 0.3) is 0 Å². The molecule has 0 aromatic carbocycles. The van der Waals surface area contributed by atoms with Crippen molar-refractivity contribution in [1.82, 2.24) is 0 Å². The highest BCUT2D eigenvalue weighted by molar-refractivity contribution is 6.74. The Morgan fingerprint density at radius 2 is 1.38 bits per heavy atom. The summed E-state index contributed by atoms with van der Waals surface area (Å²) in [7, 11) is -3.90. The third-order valence-corrected chi connectivity index (χ3v) is 16.6. The zero-order valence-electron chi connectivity index (χ0n) is 20.9. The lowest BCUT2D eigenvalue weighted by atomic mass is 9.81. The van der Waals surface area contributed by atoms with Crippen LogP contribution in [-0.2, 0) is 18.3 Å². The molecule has 0 aromatic rings. The minimum absolute atomic E-state index is 0.102. The SMILES string of the molecule is CC1(C)O[C@@H]2[C@@H](CO[Si](C)(C)C(C)(C)C)[C@H](O)C[C@H](O[Si](C)(C)C(C)(C)C)[C@H]2O1. The first-order valence-corrected chi connectivity index (χ1v) is 16.9. The van der Waals surface area contributed by atoms with Crippen LogP contribution < -0.4 is 0 Å². The fourth-order valence-electron chi connectivity index (χ4n) is 3.60. The summed E-state index contributed by atoms with van der Waals surface area (Å²) in [6, 6.07) is 0. The molecule has 1 saturated heterocycles. The average molecular weight is 447 g/mol. The fraction of sp³-hybridized carbons (Fsp3) is 1.00. The third kappa shape index (κ3) is 5.54. The summed E-state index contributed by atoms with van der Waals surface area (Å²) in [6.07, 6.45) is -0.488. The molecule has 2 aliphatic rings. The second-order valence-corrected chi connectivity index (χ2v) is 22.1. The summed E-state index contributed by atoms with van der Waals surface area (Å²) in [6.45, 7) is 26.8. The standard InChI is InChI=1S/C22H46O5Si2/c1-20(2,3)28(9,10)24-14-15-16(23)13-17(27-29(11,12)21(4,5)6)19-18(15)25-22(7,8)26-19/h15-19,23H,13-14H2,1-12H3/t15-,16+,17-,18+,19+/m0/s1. The van der Waals surface area contributed by atoms with E-state index in [2.05, 4.69) is 67.7 Å². The molecule has 0 spiro atoms. The Hall–Kier alpha value is 0.234. The molecule has 7 heteroatoms. The largest absolute Gasteiger partial charge is 0.416 e. The van der Waals surface area contributed by atoms with Crippen LogP contribution in [0, 0.1) is 5.92 Å². The highest BCUT2D eigenvalue weighted by atomic mass is 28.4. The van der Waals surface area contributed by atoms with E-state index in [-0.39, 0.29) is 34.3 Å². The summed E-state index contributed by atoms with van der Waals surface area (Å²) in [4.78, 5) is 0. The van der Waals surface area contributed by atoms with E-state index in [1.807, 2.05) is 13.8 Å². The van der Waals surface area contributed by atoms with Crippen molar-refractivity contribution in [2.75, 3.05) is 6.61 Å². The molecule has 5 atom stereocenters. The number of ether oxygens (including phenoxy) is 2. The first-order chi connectivity index (χ1) is 12.8. The van der Waals surface area contributed by atoms with Crippen molar-refractivity contribution in [3.8, 4) is 0 Å². The Bertz CT molecular complexity index is 577. The molecule has 2 rings (SSSR count). The Labute approximate surface area is 181 Å². The maximum atomic E-state index is 11.1. The Kier molecular flexibility index (Phi) is 7.01. The molecule has 0 amide bonds. The van der Waals surface area contributed by atoms with Gasteiger partial charge in [-0.2, -0.15) is 0 Å². The van der Waals surface area contributed by atoms with Gasteiger partial charge in [-0.25, -0.2) is 0 Å². The van der Waals surface area contributed by atoms with Crippen molar-refractivity contribution in [3.05, 3.63) is 0 Å². The van der Waals surface area contributed by atoms with Crippen LogP contribution in [-0.4, -0.2) is 58.6 Å². The number of aliphatic hydroxyl groups is 1. The van der Waals surface area contributed by atoms with Gasteiger partial charge in [-0.1, -0.05) is 41.5 Å². The number of fused-ring (bicyclic) bond motifs is 1. The molecule has 1 saturated carbocycles. The predicted molar refractivity (Wildman–Crippen MR) is 123 cm³/mol. The Morgan fingerprint density at radius 1 is 0.897 bits per heavy atom. The molecule has 172 valence electrons. The zero-order chi connectivity index (χ0) is 22.6. The molecule has 1 aliphatic carbocycles. The summed E-state index contributed by atoms with van der Waals surface area (Å²) >= 11 is 0. The van der Waals surface area contributed by atoms with Crippen molar-refractivity contribution in [2.45, 2.75) is 128 Å². The van der Waals surface area contributed by atoms with E-state index in [1.165, 1.54) is 0 Å². The van der Waals surface area contributed by atoms with Gasteiger partial charge in [0.2, 0.25) is 0 Å². The summed E-state index contributed by atoms with van der Waals surface area (Å²) in [5, 5.41) is 11.3. The predicted octanol–water partition coefficient (Wildman–Crippen LogP) is 5.30. The first-order valence-electron chi connectivity index (χ1n) is 11.1. The maximum Gasteiger partial charge on any atom is 0.192 e. The number of rotatable bonds is 5. The second kappa shape index (κ2) is 7.98. The minimum Gasteiger partial charge on any atom is -0.416 e. The summed E-state index contributed by atoms with van der Waals surface area (Å²) < 4.78 is 25.8. The van der Waals surface area contributed by atoms with Crippen molar-refractivity contribution in [3.63, 3.8) is 0 Å². The molecule has 1 heterocycles. The van der Waals surface area contributed by atoms with Gasteiger partial charge < -0.3 is 23.4 Å². The van der Waals surface area contributed by atoms with Gasteiger partial charge >= 0.3 is 0 Å². The highest BCUT2D eigenvalue weighted by Crippen LogP contribution is 2.46. The normalized spacial score (nSPS) is 33.6. The van der Waals surface area contributed by atoms with Gasteiger partial charge in [-0.15, -0.1) is 0 Å². The molecule has 0 aromatic heterocycles. The first kappa shape index (κ1) is 25.5. The molecular formula is C22H46O5Si2. The molecule has 0 radical (unpaired) electrons. The quantitative estimate of drug-likeness (QED) is 0.581. The molecule has 1 N–H and O–H groups in total. The van der Waals surface area contributed by atoms with E-state index in [1.54, 1.807) is 0 Å². The molecule has 0 bridgehead atoms. The van der Waals surface area contributed by atoms with Gasteiger partial charge in [-0.3, -0.25) is 0 Å². The van der Waals surface area contributed by atoms with E-state index in [4.69, 9.17) is 18.3 Å². The van der Waals surface area contributed by atoms with Gasteiger partial charge in [-0.05, 0) is 50.1 Å². The lowest BCUT2D eigenvalue weighted by Crippen LogP contribution is -2.58. The third-order valence-electron chi connectivity index (χ3n) is 7.62. The van der Waals surface area contributed by atoms with E-state index >= 15 is 0 Å². The van der Waals surface area contributed by atoms with Crippen LogP contribution in [0.3, 0.4) is 0 Å². The van der Waals surface area contributed by atoms with Crippen LogP contribution >= 0.6 is 0 Å². The second-order valence-electron chi connectivity index (χ2n) is 12.5. The molecular weight excluding hydrogens is 400 g/mol. The smallest absolute Gasteiger partial charge is 0.192 e. The highest BCUT2D eigenvalue weighted by Gasteiger charge is 2.56. The van der Waals surface area contributed by atoms with E-state index in [9.17, 15) is 5.11 Å². The number of hydrogen-bond acceptors (Lipinski definition) is 5. The van der Waals surface area contributed by atoms with E-state index in [0.717, 1.165) is 0 Å². The Morgan fingerprint density at radius 3 is 1.86 bits per heavy atom. The lowest BCUT2D eigenvalue weighted by molar-refractivity contribution is -0.155. The van der Waals surface area contributed by atoms with Crippen molar-refractivity contribution in [2.24, 2.45) is 5.92 Å². The van der Waals surface area contributed by atoms with Crippen molar-refractivity contribution < 1.29 is 23.4 Å². The van der Waals surface area contributed by atoms with Crippen LogP contribution in [0.4, 0.5) is 0 Å². The van der Waals surface area contributed by atoms with Crippen LogP contribution in [0.15, 0.2) is 0 Å². The topological polar surface area (TPSA) is 57.2 Å². The van der Waals surface area contributed by atoms with E-state index in [0.29, 0.717) is 13.0 Å². The van der Waals surface area contributed by atoms with Crippen LogP contribution in [0.25, 0.3) is 0 Å². The van der Waals surface area contributed by atoms with E-state index < -0.39 is 28.5 Å². The monoisotopic (exact) mass is 446 g/mol. The molecule has 5 nitrogen and oxygen atoms in total. The lowest BCUT2D eigenvalue weighted by Gasteiger charge is -2.46. The van der Waals surface area contributed by atoms with Gasteiger partial charge in [0.05, 0.1) is 18.3 Å².